The molecule has 2 unspecified atom stereocenters. The van der Waals surface area contributed by atoms with Crippen molar-refractivity contribution >= 4 is 33.3 Å². The minimum absolute atomic E-state index is 0.0111. The van der Waals surface area contributed by atoms with Crippen LogP contribution in [0.5, 0.6) is 0 Å². The Morgan fingerprint density at radius 1 is 1.38 bits per heavy atom. The van der Waals surface area contributed by atoms with Crippen LogP contribution < -0.4 is 15.5 Å². The van der Waals surface area contributed by atoms with Gasteiger partial charge in [0.15, 0.2) is 0 Å². The van der Waals surface area contributed by atoms with E-state index < -0.39 is 0 Å². The van der Waals surface area contributed by atoms with Gasteiger partial charge in [0.2, 0.25) is 5.91 Å². The second-order valence-corrected chi connectivity index (χ2v) is 7.58. The Bertz CT molecular complexity index is 712. The summed E-state index contributed by atoms with van der Waals surface area (Å²) in [4.78, 5) is 24.4. The molecule has 2 saturated heterocycles. The minimum atomic E-state index is 0.0111. The summed E-state index contributed by atoms with van der Waals surface area (Å²) in [6, 6.07) is 2.11. The predicted molar refractivity (Wildman–Crippen MR) is 96.4 cm³/mol. The zero-order valence-corrected chi connectivity index (χ0v) is 14.5. The monoisotopic (exact) mass is 345 g/mol. The van der Waals surface area contributed by atoms with Crippen LogP contribution in [0.15, 0.2) is 17.8 Å². The van der Waals surface area contributed by atoms with Gasteiger partial charge in [-0.2, -0.15) is 0 Å². The van der Waals surface area contributed by atoms with Crippen molar-refractivity contribution in [2.24, 2.45) is 5.92 Å². The molecule has 7 heteroatoms. The van der Waals surface area contributed by atoms with Crippen molar-refractivity contribution in [2.75, 3.05) is 31.1 Å². The average molecular weight is 345 g/mol. The van der Waals surface area contributed by atoms with Gasteiger partial charge >= 0.3 is 0 Å². The number of thiophene rings is 1. The van der Waals surface area contributed by atoms with Gasteiger partial charge in [0.25, 0.3) is 0 Å². The number of rotatable bonds is 4. The Hall–Kier alpha value is -1.73. The van der Waals surface area contributed by atoms with Crippen molar-refractivity contribution in [3.8, 4) is 0 Å². The number of nitrogens with one attached hydrogen (secondary N) is 2. The van der Waals surface area contributed by atoms with Gasteiger partial charge in [-0.05, 0) is 49.6 Å². The summed E-state index contributed by atoms with van der Waals surface area (Å²) in [5, 5.41) is 9.61. The van der Waals surface area contributed by atoms with Gasteiger partial charge in [0.1, 0.15) is 17.0 Å². The van der Waals surface area contributed by atoms with E-state index in [2.05, 4.69) is 36.9 Å². The van der Waals surface area contributed by atoms with Crippen LogP contribution >= 0.6 is 11.3 Å². The topological polar surface area (TPSA) is 70.2 Å². The third kappa shape index (κ3) is 3.23. The second-order valence-electron chi connectivity index (χ2n) is 6.69. The van der Waals surface area contributed by atoms with Crippen molar-refractivity contribution in [1.29, 1.82) is 0 Å². The molecule has 0 spiro atoms. The first kappa shape index (κ1) is 15.8. The van der Waals surface area contributed by atoms with Crippen molar-refractivity contribution < 1.29 is 4.79 Å². The summed E-state index contributed by atoms with van der Waals surface area (Å²) in [6.07, 6.45) is 6.01. The zero-order chi connectivity index (χ0) is 16.4. The largest absolute Gasteiger partial charge is 0.356 e. The molecular formula is C17H23N5OS. The number of aromatic nitrogens is 2. The van der Waals surface area contributed by atoms with Crippen molar-refractivity contribution in [1.82, 2.24) is 20.6 Å². The third-order valence-corrected chi connectivity index (χ3v) is 5.82. The van der Waals surface area contributed by atoms with Crippen LogP contribution in [0.2, 0.25) is 0 Å². The zero-order valence-electron chi connectivity index (χ0n) is 13.7. The molecule has 2 aromatic heterocycles. The first-order valence-corrected chi connectivity index (χ1v) is 9.63. The van der Waals surface area contributed by atoms with Gasteiger partial charge in [0, 0.05) is 19.6 Å². The summed E-state index contributed by atoms with van der Waals surface area (Å²) in [5.74, 6) is 1.68. The van der Waals surface area contributed by atoms with E-state index >= 15 is 0 Å². The standard InChI is InChI=1S/C17H23N5OS/c23-16(14-4-1-6-18-14)19-9-12-3-2-7-22(10-12)15-13-5-8-24-17(13)21-11-20-15/h5,8,11-12,14,18H,1-4,6-7,9-10H2,(H,19,23). The average Bonchev–Trinajstić information content (AvgIpc) is 3.30. The Labute approximate surface area is 145 Å². The Balaban J connectivity index is 1.38. The molecule has 6 nitrogen and oxygen atoms in total. The lowest BCUT2D eigenvalue weighted by molar-refractivity contribution is -0.122. The highest BCUT2D eigenvalue weighted by atomic mass is 32.1. The fourth-order valence-electron chi connectivity index (χ4n) is 3.73. The minimum Gasteiger partial charge on any atom is -0.356 e. The Morgan fingerprint density at radius 2 is 2.33 bits per heavy atom. The molecule has 0 bridgehead atoms. The number of fused-ring (bicyclic) bond motifs is 1. The molecule has 2 atom stereocenters. The van der Waals surface area contributed by atoms with Gasteiger partial charge in [-0.1, -0.05) is 0 Å². The predicted octanol–water partition coefficient (Wildman–Crippen LogP) is 1.78. The van der Waals surface area contributed by atoms with Crippen LogP contribution in [0.3, 0.4) is 0 Å². The maximum Gasteiger partial charge on any atom is 0.237 e. The van der Waals surface area contributed by atoms with Crippen molar-refractivity contribution in [3.63, 3.8) is 0 Å². The summed E-state index contributed by atoms with van der Waals surface area (Å²) >= 11 is 1.65. The normalized spacial score (nSPS) is 24.4. The Kier molecular flexibility index (Phi) is 4.62. The Morgan fingerprint density at radius 3 is 3.21 bits per heavy atom. The summed E-state index contributed by atoms with van der Waals surface area (Å²) < 4.78 is 0. The summed E-state index contributed by atoms with van der Waals surface area (Å²) in [6.45, 7) is 3.68. The molecule has 2 N–H and O–H groups in total. The van der Waals surface area contributed by atoms with Crippen LogP contribution in [0.1, 0.15) is 25.7 Å². The number of hydrogen-bond donors (Lipinski definition) is 2. The van der Waals surface area contributed by atoms with Gasteiger partial charge in [-0.15, -0.1) is 11.3 Å². The van der Waals surface area contributed by atoms with Crippen molar-refractivity contribution in [3.05, 3.63) is 17.8 Å². The van der Waals surface area contributed by atoms with E-state index in [1.165, 1.54) is 0 Å². The first-order valence-electron chi connectivity index (χ1n) is 8.75. The van der Waals surface area contributed by atoms with Gasteiger partial charge in [0.05, 0.1) is 11.4 Å². The van der Waals surface area contributed by atoms with Crippen LogP contribution in [0.25, 0.3) is 10.2 Å². The highest BCUT2D eigenvalue weighted by molar-refractivity contribution is 7.16. The van der Waals surface area contributed by atoms with Crippen molar-refractivity contribution in [2.45, 2.75) is 31.7 Å². The second kappa shape index (κ2) is 7.03. The van der Waals surface area contributed by atoms with Gasteiger partial charge in [-0.25, -0.2) is 9.97 Å². The van der Waals surface area contributed by atoms with E-state index in [1.807, 2.05) is 0 Å². The smallest absolute Gasteiger partial charge is 0.237 e. The van der Waals surface area contributed by atoms with Gasteiger partial charge in [-0.3, -0.25) is 4.79 Å². The van der Waals surface area contributed by atoms with E-state index in [9.17, 15) is 4.79 Å². The molecule has 2 fully saturated rings. The molecule has 2 aromatic rings. The number of carbonyl (C=O) groups excluding carboxylic acids is 1. The first-order chi connectivity index (χ1) is 11.8. The molecular weight excluding hydrogens is 322 g/mol. The molecule has 4 heterocycles. The van der Waals surface area contributed by atoms with Crippen LogP contribution in [-0.4, -0.2) is 48.1 Å². The molecule has 2 aliphatic rings. The van der Waals surface area contributed by atoms with Crippen LogP contribution in [0.4, 0.5) is 5.82 Å². The molecule has 24 heavy (non-hydrogen) atoms. The fourth-order valence-corrected chi connectivity index (χ4v) is 4.46. The van der Waals surface area contributed by atoms with E-state index in [4.69, 9.17) is 0 Å². The maximum absolute atomic E-state index is 12.2. The lowest BCUT2D eigenvalue weighted by Gasteiger charge is -2.34. The summed E-state index contributed by atoms with van der Waals surface area (Å²) in [5.41, 5.74) is 0. The molecule has 4 rings (SSSR count). The van der Waals surface area contributed by atoms with Crippen LogP contribution in [-0.2, 0) is 4.79 Å². The SMILES string of the molecule is O=C(NCC1CCCN(c2ncnc3sccc23)C1)C1CCCN1. The lowest BCUT2D eigenvalue weighted by Crippen LogP contribution is -2.45. The number of amides is 1. The number of carbonyl (C=O) groups is 1. The molecule has 0 aromatic carbocycles. The number of hydrogen-bond acceptors (Lipinski definition) is 6. The molecule has 0 aliphatic carbocycles. The number of nitrogens with zero attached hydrogens (tertiary/aromatic N) is 3. The molecule has 0 saturated carbocycles. The molecule has 2 aliphatic heterocycles. The van der Waals surface area contributed by atoms with E-state index in [0.29, 0.717) is 5.92 Å². The lowest BCUT2D eigenvalue weighted by atomic mass is 9.97. The highest BCUT2D eigenvalue weighted by Gasteiger charge is 2.25. The summed E-state index contributed by atoms with van der Waals surface area (Å²) in [7, 11) is 0. The molecule has 1 amide bonds. The van der Waals surface area contributed by atoms with Crippen LogP contribution in [0, 0.1) is 5.92 Å². The molecule has 128 valence electrons. The molecule has 0 radical (unpaired) electrons. The number of anilines is 1. The quantitative estimate of drug-likeness (QED) is 0.884. The maximum atomic E-state index is 12.2. The number of piperidine rings is 1. The van der Waals surface area contributed by atoms with E-state index in [1.54, 1.807) is 17.7 Å². The fraction of sp³-hybridized carbons (Fsp3) is 0.588. The van der Waals surface area contributed by atoms with E-state index in [0.717, 1.165) is 67.9 Å². The highest BCUT2D eigenvalue weighted by Crippen LogP contribution is 2.29. The van der Waals surface area contributed by atoms with Gasteiger partial charge < -0.3 is 15.5 Å². The van der Waals surface area contributed by atoms with E-state index in [-0.39, 0.29) is 11.9 Å². The third-order valence-electron chi connectivity index (χ3n) is 5.00.